The number of H-pyrrole nitrogens is 1. The zero-order valence-corrected chi connectivity index (χ0v) is 10.9. The van der Waals surface area contributed by atoms with Gasteiger partial charge in [0.05, 0.1) is 18.4 Å². The Morgan fingerprint density at radius 1 is 1.56 bits per heavy atom. The monoisotopic (exact) mass is 264 g/mol. The number of ether oxygens (including phenoxy) is 1. The van der Waals surface area contributed by atoms with Crippen molar-refractivity contribution >= 4 is 27.5 Å². The Labute approximate surface area is 107 Å². The van der Waals surface area contributed by atoms with E-state index in [4.69, 9.17) is 4.74 Å². The first-order valence-corrected chi connectivity index (χ1v) is 6.53. The summed E-state index contributed by atoms with van der Waals surface area (Å²) in [5.41, 5.74) is 0.861. The Morgan fingerprint density at radius 3 is 3.06 bits per heavy atom. The average molecular weight is 264 g/mol. The van der Waals surface area contributed by atoms with Gasteiger partial charge in [0.15, 0.2) is 0 Å². The molecule has 0 fully saturated rings. The Morgan fingerprint density at radius 2 is 2.33 bits per heavy atom. The normalized spacial score (nSPS) is 18.0. The zero-order chi connectivity index (χ0) is 12.9. The molecule has 1 unspecified atom stereocenters. The van der Waals surface area contributed by atoms with Gasteiger partial charge in [0.2, 0.25) is 0 Å². The highest BCUT2D eigenvalue weighted by atomic mass is 32.1. The van der Waals surface area contributed by atoms with E-state index in [1.54, 1.807) is 6.92 Å². The van der Waals surface area contributed by atoms with Crippen LogP contribution >= 0.6 is 11.3 Å². The molecule has 0 radical (unpaired) electrons. The second-order valence-electron chi connectivity index (χ2n) is 4.39. The number of carbonyl (C=O) groups is 1. The number of hydrogen-bond acceptors (Lipinski definition) is 5. The minimum atomic E-state index is -0.232. The number of hydrogen-bond donors (Lipinski definition) is 1. The second-order valence-corrected chi connectivity index (χ2v) is 5.42. The molecule has 1 aliphatic carbocycles. The summed E-state index contributed by atoms with van der Waals surface area (Å²) in [6.07, 6.45) is 1.46. The topological polar surface area (TPSA) is 72.0 Å². The fourth-order valence-corrected chi connectivity index (χ4v) is 3.90. The Bertz CT molecular complexity index is 701. The number of aromatic nitrogens is 2. The molecule has 0 aromatic carbocycles. The minimum Gasteiger partial charge on any atom is -0.469 e. The molecular formula is C12H12N2O3S. The van der Waals surface area contributed by atoms with Gasteiger partial charge in [-0.2, -0.15) is 0 Å². The largest absolute Gasteiger partial charge is 0.469 e. The van der Waals surface area contributed by atoms with E-state index in [0.29, 0.717) is 11.2 Å². The van der Waals surface area contributed by atoms with Gasteiger partial charge in [-0.05, 0) is 25.3 Å². The average Bonchev–Trinajstić information content (AvgIpc) is 2.85. The zero-order valence-electron chi connectivity index (χ0n) is 10.1. The summed E-state index contributed by atoms with van der Waals surface area (Å²) in [4.78, 5) is 32.3. The minimum absolute atomic E-state index is 0.111. The van der Waals surface area contributed by atoms with Gasteiger partial charge in [0.25, 0.3) is 5.56 Å². The lowest BCUT2D eigenvalue weighted by Gasteiger charge is -2.05. The first-order valence-electron chi connectivity index (χ1n) is 5.72. The third-order valence-electron chi connectivity index (χ3n) is 3.30. The number of carbonyl (C=O) groups excluding carboxylic acids is 1. The summed E-state index contributed by atoms with van der Waals surface area (Å²) < 4.78 is 4.80. The van der Waals surface area contributed by atoms with Crippen LogP contribution in [0.1, 0.15) is 28.6 Å². The number of fused-ring (bicyclic) bond motifs is 3. The smallest absolute Gasteiger partial charge is 0.313 e. The maximum absolute atomic E-state index is 12.0. The molecule has 3 rings (SSSR count). The Hall–Kier alpha value is -1.69. The van der Waals surface area contributed by atoms with Crippen molar-refractivity contribution in [2.75, 3.05) is 7.11 Å². The Kier molecular flexibility index (Phi) is 2.48. The van der Waals surface area contributed by atoms with Gasteiger partial charge in [-0.1, -0.05) is 0 Å². The quantitative estimate of drug-likeness (QED) is 0.792. The lowest BCUT2D eigenvalue weighted by molar-refractivity contribution is -0.142. The molecule has 1 N–H and O–H groups in total. The summed E-state index contributed by atoms with van der Waals surface area (Å²) in [5, 5.41) is 0.645. The predicted octanol–water partition coefficient (Wildman–Crippen LogP) is 1.50. The highest BCUT2D eigenvalue weighted by Gasteiger charge is 2.34. The van der Waals surface area contributed by atoms with Crippen LogP contribution in [0, 0.1) is 6.92 Å². The van der Waals surface area contributed by atoms with Crippen LogP contribution in [0.3, 0.4) is 0 Å². The number of thiophene rings is 1. The maximum atomic E-state index is 12.0. The molecule has 5 nitrogen and oxygen atoms in total. The molecule has 2 aromatic heterocycles. The van der Waals surface area contributed by atoms with E-state index in [2.05, 4.69) is 9.97 Å². The van der Waals surface area contributed by atoms with E-state index in [0.717, 1.165) is 28.1 Å². The third kappa shape index (κ3) is 1.49. The van der Waals surface area contributed by atoms with Crippen LogP contribution in [-0.2, 0) is 16.0 Å². The SMILES string of the molecule is COC(=O)C1CCc2c1sc1nc(C)[nH]c(=O)c21. The Balaban J connectivity index is 2.25. The lowest BCUT2D eigenvalue weighted by Crippen LogP contribution is -2.10. The molecule has 0 saturated carbocycles. The number of methoxy groups -OCH3 is 1. The van der Waals surface area contributed by atoms with Crippen LogP contribution in [0.15, 0.2) is 4.79 Å². The van der Waals surface area contributed by atoms with Crippen LogP contribution in [0.2, 0.25) is 0 Å². The molecule has 0 amide bonds. The first-order chi connectivity index (χ1) is 8.61. The fourth-order valence-electron chi connectivity index (χ4n) is 2.51. The third-order valence-corrected chi connectivity index (χ3v) is 4.54. The fraction of sp³-hybridized carbons (Fsp3) is 0.417. The van der Waals surface area contributed by atoms with Gasteiger partial charge in [-0.3, -0.25) is 9.59 Å². The van der Waals surface area contributed by atoms with Crippen LogP contribution in [0.5, 0.6) is 0 Å². The van der Waals surface area contributed by atoms with Crippen LogP contribution < -0.4 is 5.56 Å². The molecule has 2 aromatic rings. The molecular weight excluding hydrogens is 252 g/mol. The number of rotatable bonds is 1. The predicted molar refractivity (Wildman–Crippen MR) is 68.1 cm³/mol. The number of nitrogens with zero attached hydrogens (tertiary/aromatic N) is 1. The standard InChI is InChI=1S/C12H12N2O3S/c1-5-13-10(15)8-6-3-4-7(12(16)17-2)9(6)18-11(8)14-5/h7H,3-4H2,1-2H3,(H,13,14,15). The molecule has 6 heteroatoms. The number of esters is 1. The molecule has 0 spiro atoms. The lowest BCUT2D eigenvalue weighted by atomic mass is 10.1. The maximum Gasteiger partial charge on any atom is 0.313 e. The van der Waals surface area contributed by atoms with Gasteiger partial charge in [-0.25, -0.2) is 4.98 Å². The highest BCUT2D eigenvalue weighted by molar-refractivity contribution is 7.19. The van der Waals surface area contributed by atoms with E-state index in [1.165, 1.54) is 18.4 Å². The molecule has 1 aliphatic rings. The van der Waals surface area contributed by atoms with Crippen LogP contribution in [0.4, 0.5) is 0 Å². The van der Waals surface area contributed by atoms with Crippen LogP contribution in [-0.4, -0.2) is 23.0 Å². The summed E-state index contributed by atoms with van der Waals surface area (Å²) in [6.45, 7) is 1.75. The molecule has 0 bridgehead atoms. The summed E-state index contributed by atoms with van der Waals surface area (Å²) >= 11 is 1.43. The molecule has 1 atom stereocenters. The van der Waals surface area contributed by atoms with Crippen molar-refractivity contribution in [2.45, 2.75) is 25.7 Å². The summed E-state index contributed by atoms with van der Waals surface area (Å²) in [6, 6.07) is 0. The van der Waals surface area contributed by atoms with Gasteiger partial charge >= 0.3 is 5.97 Å². The molecule has 18 heavy (non-hydrogen) atoms. The van der Waals surface area contributed by atoms with Crippen molar-refractivity contribution in [1.29, 1.82) is 0 Å². The number of aromatic amines is 1. The van der Waals surface area contributed by atoms with Gasteiger partial charge in [0.1, 0.15) is 10.7 Å². The van der Waals surface area contributed by atoms with Crippen LogP contribution in [0.25, 0.3) is 10.2 Å². The van der Waals surface area contributed by atoms with Gasteiger partial charge < -0.3 is 9.72 Å². The first kappa shape index (κ1) is 11.4. The van der Waals surface area contributed by atoms with E-state index in [9.17, 15) is 9.59 Å². The van der Waals surface area contributed by atoms with Gasteiger partial charge in [-0.15, -0.1) is 11.3 Å². The molecule has 94 valence electrons. The van der Waals surface area contributed by atoms with Crippen molar-refractivity contribution in [1.82, 2.24) is 9.97 Å². The van der Waals surface area contributed by atoms with E-state index in [1.807, 2.05) is 0 Å². The summed E-state index contributed by atoms with van der Waals surface area (Å²) in [5.74, 6) is 0.138. The molecule has 0 aliphatic heterocycles. The van der Waals surface area contributed by atoms with Crippen molar-refractivity contribution in [3.63, 3.8) is 0 Å². The molecule has 0 saturated heterocycles. The van der Waals surface area contributed by atoms with Gasteiger partial charge in [0, 0.05) is 4.88 Å². The van der Waals surface area contributed by atoms with Crippen molar-refractivity contribution < 1.29 is 9.53 Å². The highest BCUT2D eigenvalue weighted by Crippen LogP contribution is 2.42. The van der Waals surface area contributed by atoms with E-state index in [-0.39, 0.29) is 17.4 Å². The second kappa shape index (κ2) is 3.91. The summed E-state index contributed by atoms with van der Waals surface area (Å²) in [7, 11) is 1.39. The van der Waals surface area contributed by atoms with E-state index < -0.39 is 0 Å². The molecule has 2 heterocycles. The van der Waals surface area contributed by atoms with Crippen molar-refractivity contribution in [2.24, 2.45) is 0 Å². The number of aryl methyl sites for hydroxylation is 2. The van der Waals surface area contributed by atoms with Crippen molar-refractivity contribution in [3.05, 3.63) is 26.6 Å². The van der Waals surface area contributed by atoms with E-state index >= 15 is 0 Å². The van der Waals surface area contributed by atoms with Crippen molar-refractivity contribution in [3.8, 4) is 0 Å². The number of nitrogens with one attached hydrogen (secondary N) is 1.